The number of amides is 1. The number of thioether (sulfide) groups is 1. The molecule has 0 aliphatic carbocycles. The van der Waals surface area contributed by atoms with Crippen molar-refractivity contribution in [2.24, 2.45) is 0 Å². The number of fused-ring (bicyclic) bond motifs is 1. The Morgan fingerprint density at radius 1 is 1.33 bits per heavy atom. The first-order valence-electron chi connectivity index (χ1n) is 8.86. The molecule has 0 fully saturated rings. The Labute approximate surface area is 180 Å². The minimum absolute atomic E-state index is 0.133. The van der Waals surface area contributed by atoms with Gasteiger partial charge in [-0.15, -0.1) is 16.3 Å². The first-order chi connectivity index (χ1) is 14.4. The van der Waals surface area contributed by atoms with Crippen LogP contribution in [0, 0.1) is 20.4 Å². The Kier molecular flexibility index (Phi) is 5.39. The van der Waals surface area contributed by atoms with E-state index in [0.29, 0.717) is 27.3 Å². The Morgan fingerprint density at radius 3 is 2.93 bits per heavy atom. The number of pyridine rings is 1. The lowest BCUT2D eigenvalue weighted by Crippen LogP contribution is -2.09. The molecule has 0 aliphatic heterocycles. The van der Waals surface area contributed by atoms with Gasteiger partial charge in [0, 0.05) is 17.3 Å². The van der Waals surface area contributed by atoms with E-state index in [1.807, 2.05) is 6.92 Å². The second-order valence-corrected chi connectivity index (χ2v) is 8.56. The zero-order chi connectivity index (χ0) is 21.3. The van der Waals surface area contributed by atoms with E-state index < -0.39 is 0 Å². The van der Waals surface area contributed by atoms with Crippen molar-refractivity contribution in [1.82, 2.24) is 19.9 Å². The zero-order valence-corrected chi connectivity index (χ0v) is 17.7. The summed E-state index contributed by atoms with van der Waals surface area (Å²) in [4.78, 5) is 32.5. The number of anilines is 1. The maximum atomic E-state index is 12.4. The highest BCUT2D eigenvalue weighted by Gasteiger charge is 2.14. The van der Waals surface area contributed by atoms with Crippen LogP contribution in [0.4, 0.5) is 11.5 Å². The van der Waals surface area contributed by atoms with Crippen molar-refractivity contribution >= 4 is 51.5 Å². The van der Waals surface area contributed by atoms with Gasteiger partial charge in [0.15, 0.2) is 5.16 Å². The van der Waals surface area contributed by atoms with E-state index in [4.69, 9.17) is 6.57 Å². The molecule has 0 saturated heterocycles. The number of carbonyl (C=O) groups excluding carboxylic acids is 1. The summed E-state index contributed by atoms with van der Waals surface area (Å²) < 4.78 is 0. The molecular weight excluding hydrogens is 420 g/mol. The highest BCUT2D eigenvalue weighted by molar-refractivity contribution is 7.98. The molecule has 0 aliphatic rings. The number of aryl methyl sites for hydroxylation is 2. The summed E-state index contributed by atoms with van der Waals surface area (Å²) >= 11 is 2.77. The second kappa shape index (κ2) is 8.14. The highest BCUT2D eigenvalue weighted by Crippen LogP contribution is 2.29. The summed E-state index contributed by atoms with van der Waals surface area (Å²) in [5, 5.41) is 14.0. The summed E-state index contributed by atoms with van der Waals surface area (Å²) in [7, 11) is 0. The number of rotatable bonds is 5. The molecule has 0 spiro atoms. The van der Waals surface area contributed by atoms with Gasteiger partial charge in [-0.1, -0.05) is 24.4 Å². The average Bonchev–Trinajstić information content (AvgIpc) is 3.37. The molecule has 3 heterocycles. The van der Waals surface area contributed by atoms with Gasteiger partial charge < -0.3 is 20.3 Å². The lowest BCUT2D eigenvalue weighted by Gasteiger charge is -2.05. The number of aromatic amines is 1. The van der Waals surface area contributed by atoms with Gasteiger partial charge in [0.05, 0.1) is 17.5 Å². The molecule has 0 unspecified atom stereocenters. The third-order valence-corrected chi connectivity index (χ3v) is 6.46. The summed E-state index contributed by atoms with van der Waals surface area (Å²) in [6.07, 6.45) is 3.15. The Morgan fingerprint density at radius 2 is 2.17 bits per heavy atom. The van der Waals surface area contributed by atoms with Gasteiger partial charge in [-0.2, -0.15) is 0 Å². The molecule has 8 nitrogen and oxygen atoms in total. The minimum Gasteiger partial charge on any atom is -0.508 e. The third kappa shape index (κ3) is 3.98. The van der Waals surface area contributed by atoms with Gasteiger partial charge in [0.25, 0.3) is 11.7 Å². The Balaban J connectivity index is 1.42. The Bertz CT molecular complexity index is 1300. The zero-order valence-electron chi connectivity index (χ0n) is 16.1. The SMILES string of the molecule is [C-]#[N+]c1ncc2[nH]c(SCc3ncc(C(=O)Nc4ccc(C)c(O)c4)s3)nc2c1C. The van der Waals surface area contributed by atoms with Crippen LogP contribution in [0.1, 0.15) is 25.8 Å². The van der Waals surface area contributed by atoms with Crippen LogP contribution in [0.25, 0.3) is 15.9 Å². The fourth-order valence-corrected chi connectivity index (χ4v) is 4.44. The number of carbonyl (C=O) groups is 1. The number of nitrogens with zero attached hydrogens (tertiary/aromatic N) is 4. The summed E-state index contributed by atoms with van der Waals surface area (Å²) in [6.45, 7) is 10.8. The number of phenolic OH excluding ortho intramolecular Hbond substituents is 1. The predicted molar refractivity (Wildman–Crippen MR) is 117 cm³/mol. The van der Waals surface area contributed by atoms with Crippen LogP contribution >= 0.6 is 23.1 Å². The molecule has 150 valence electrons. The fraction of sp³-hybridized carbons (Fsp3) is 0.150. The smallest absolute Gasteiger partial charge is 0.274 e. The van der Waals surface area contributed by atoms with Crippen LogP contribution in [0.5, 0.6) is 5.75 Å². The number of H-pyrrole nitrogens is 1. The highest BCUT2D eigenvalue weighted by atomic mass is 32.2. The fourth-order valence-electron chi connectivity index (χ4n) is 2.74. The van der Waals surface area contributed by atoms with E-state index in [1.165, 1.54) is 29.2 Å². The van der Waals surface area contributed by atoms with Gasteiger partial charge in [0.1, 0.15) is 27.3 Å². The number of hydrogen-bond donors (Lipinski definition) is 3. The van der Waals surface area contributed by atoms with Crippen molar-refractivity contribution in [2.45, 2.75) is 24.8 Å². The first kappa shape index (κ1) is 19.9. The molecule has 30 heavy (non-hydrogen) atoms. The van der Waals surface area contributed by atoms with Crippen molar-refractivity contribution in [2.75, 3.05) is 5.32 Å². The molecule has 1 aromatic carbocycles. The molecule has 0 bridgehead atoms. The number of aromatic hydroxyl groups is 1. The maximum Gasteiger partial charge on any atom is 0.274 e. The van der Waals surface area contributed by atoms with Crippen LogP contribution in [0.2, 0.25) is 0 Å². The van der Waals surface area contributed by atoms with Crippen molar-refractivity contribution in [3.05, 3.63) is 63.0 Å². The number of thiazole rings is 1. The first-order valence-corrected chi connectivity index (χ1v) is 10.7. The van der Waals surface area contributed by atoms with Gasteiger partial charge in [-0.25, -0.2) is 9.97 Å². The summed E-state index contributed by atoms with van der Waals surface area (Å²) in [5.74, 6) is 0.756. The average molecular weight is 437 g/mol. The lowest BCUT2D eigenvalue weighted by molar-refractivity contribution is 0.103. The standard InChI is InChI=1S/C20H16N6O2S2/c1-10-4-5-12(6-14(10)27)24-19(28)15-8-22-16(30-15)9-29-20-25-13-7-23-18(21-3)11(2)17(13)26-20/h4-8,27H,9H2,1-2H3,(H,24,28)(H,25,26). The van der Waals surface area contributed by atoms with E-state index in [9.17, 15) is 9.90 Å². The number of hydrogen-bond acceptors (Lipinski definition) is 7. The van der Waals surface area contributed by atoms with Crippen LogP contribution in [-0.2, 0) is 5.75 Å². The van der Waals surface area contributed by atoms with Gasteiger partial charge in [0.2, 0.25) is 0 Å². The topological polar surface area (TPSA) is 108 Å². The molecule has 4 aromatic rings. The molecule has 3 N–H and O–H groups in total. The number of aromatic nitrogens is 4. The van der Waals surface area contributed by atoms with E-state index in [0.717, 1.165) is 27.2 Å². The van der Waals surface area contributed by atoms with Crippen LogP contribution in [0.15, 0.2) is 35.7 Å². The molecule has 0 saturated carbocycles. The molecule has 0 radical (unpaired) electrons. The predicted octanol–water partition coefficient (Wildman–Crippen LogP) is 4.83. The lowest BCUT2D eigenvalue weighted by atomic mass is 10.2. The van der Waals surface area contributed by atoms with Gasteiger partial charge >= 0.3 is 0 Å². The van der Waals surface area contributed by atoms with Gasteiger partial charge in [-0.05, 0) is 25.5 Å². The molecule has 1 amide bonds. The largest absolute Gasteiger partial charge is 0.508 e. The number of phenols is 1. The van der Waals surface area contributed by atoms with Crippen LogP contribution in [0.3, 0.4) is 0 Å². The number of imidazole rings is 1. The molecule has 0 atom stereocenters. The third-order valence-electron chi connectivity index (χ3n) is 4.40. The van der Waals surface area contributed by atoms with Crippen molar-refractivity contribution in [1.29, 1.82) is 0 Å². The van der Waals surface area contributed by atoms with Crippen molar-refractivity contribution < 1.29 is 9.90 Å². The molecule has 10 heteroatoms. The normalized spacial score (nSPS) is 10.8. The van der Waals surface area contributed by atoms with Crippen LogP contribution in [-0.4, -0.2) is 30.9 Å². The van der Waals surface area contributed by atoms with E-state index >= 15 is 0 Å². The van der Waals surface area contributed by atoms with E-state index in [2.05, 4.69) is 30.1 Å². The summed E-state index contributed by atoms with van der Waals surface area (Å²) in [5.41, 5.74) is 3.53. The van der Waals surface area contributed by atoms with E-state index in [1.54, 1.807) is 31.5 Å². The minimum atomic E-state index is -0.274. The maximum absolute atomic E-state index is 12.4. The monoisotopic (exact) mass is 436 g/mol. The second-order valence-electron chi connectivity index (χ2n) is 6.49. The van der Waals surface area contributed by atoms with Crippen molar-refractivity contribution in [3.63, 3.8) is 0 Å². The van der Waals surface area contributed by atoms with E-state index in [-0.39, 0.29) is 11.7 Å². The molecule has 3 aromatic heterocycles. The van der Waals surface area contributed by atoms with Gasteiger partial charge in [-0.3, -0.25) is 4.79 Å². The molecular formula is C20H16N6O2S2. The Hall–Kier alpha value is -3.42. The molecule has 4 rings (SSSR count). The van der Waals surface area contributed by atoms with Crippen LogP contribution < -0.4 is 5.32 Å². The quantitative estimate of drug-likeness (QED) is 0.305. The number of benzene rings is 1. The van der Waals surface area contributed by atoms with Crippen molar-refractivity contribution in [3.8, 4) is 5.75 Å². The summed E-state index contributed by atoms with van der Waals surface area (Å²) in [6, 6.07) is 5.00. The number of nitrogens with one attached hydrogen (secondary N) is 2.